The number of hydrogen-bond donors (Lipinski definition) is 2. The number of nitrogens with one attached hydrogen (secondary N) is 1. The third kappa shape index (κ3) is 4.06. The molecule has 0 spiro atoms. The Morgan fingerprint density at radius 2 is 2.12 bits per heavy atom. The third-order valence-corrected chi connectivity index (χ3v) is 4.00. The molecule has 2 aromatic heterocycles. The van der Waals surface area contributed by atoms with E-state index >= 15 is 0 Å². The number of benzene rings is 1. The van der Waals surface area contributed by atoms with Crippen LogP contribution in [0.25, 0.3) is 10.9 Å². The highest BCUT2D eigenvalue weighted by Crippen LogP contribution is 2.15. The number of nitrogens with two attached hydrogens (primary N) is 1. The summed E-state index contributed by atoms with van der Waals surface area (Å²) in [6.45, 7) is 1.61. The van der Waals surface area contributed by atoms with Crippen molar-refractivity contribution in [3.05, 3.63) is 58.1 Å². The van der Waals surface area contributed by atoms with Crippen molar-refractivity contribution in [1.82, 2.24) is 14.5 Å². The molecular formula is C18H20N4O3. The Bertz CT molecular complexity index is 958. The molecule has 3 N–H and O–H groups in total. The monoisotopic (exact) mass is 340 g/mol. The van der Waals surface area contributed by atoms with E-state index < -0.39 is 5.97 Å². The molecule has 0 bridgehead atoms. The van der Waals surface area contributed by atoms with E-state index in [1.165, 1.54) is 22.9 Å². The van der Waals surface area contributed by atoms with Crippen LogP contribution < -0.4 is 11.3 Å². The number of carbonyl (C=O) groups excluding carboxylic acids is 1. The predicted molar refractivity (Wildman–Crippen MR) is 95.2 cm³/mol. The Kier molecular flexibility index (Phi) is 4.83. The Hall–Kier alpha value is -3.09. The van der Waals surface area contributed by atoms with Gasteiger partial charge in [0.1, 0.15) is 6.61 Å². The molecule has 0 aliphatic rings. The van der Waals surface area contributed by atoms with E-state index in [2.05, 4.69) is 28.2 Å². The molecule has 0 unspecified atom stereocenters. The fraction of sp³-hybridized carbons (Fsp3) is 0.278. The smallest absolute Gasteiger partial charge is 0.302 e. The van der Waals surface area contributed by atoms with Crippen molar-refractivity contribution in [3.8, 4) is 0 Å². The van der Waals surface area contributed by atoms with Gasteiger partial charge in [0.15, 0.2) is 0 Å². The van der Waals surface area contributed by atoms with Crippen LogP contribution in [0, 0.1) is 0 Å². The topological polar surface area (TPSA) is 103 Å². The molecule has 2 heterocycles. The molecule has 0 radical (unpaired) electrons. The lowest BCUT2D eigenvalue weighted by Crippen LogP contribution is -2.27. The summed E-state index contributed by atoms with van der Waals surface area (Å²) in [5.74, 6) is -0.260. The van der Waals surface area contributed by atoms with E-state index in [9.17, 15) is 9.59 Å². The molecule has 3 rings (SSSR count). The third-order valence-electron chi connectivity index (χ3n) is 4.00. The maximum atomic E-state index is 12.2. The number of carbonyl (C=O) groups is 1. The molecule has 0 atom stereocenters. The number of anilines is 1. The number of hydrogen-bond acceptors (Lipinski definition) is 5. The number of nitrogen functional groups attached to an aromatic ring is 1. The van der Waals surface area contributed by atoms with Gasteiger partial charge in [-0.25, -0.2) is 4.98 Å². The van der Waals surface area contributed by atoms with Gasteiger partial charge >= 0.3 is 5.97 Å². The van der Waals surface area contributed by atoms with E-state index in [1.807, 2.05) is 12.3 Å². The first-order valence-electron chi connectivity index (χ1n) is 8.08. The molecule has 7 nitrogen and oxygen atoms in total. The highest BCUT2D eigenvalue weighted by atomic mass is 16.5. The first kappa shape index (κ1) is 16.8. The molecule has 0 amide bonds. The molecule has 0 saturated carbocycles. The summed E-state index contributed by atoms with van der Waals surface area (Å²) in [4.78, 5) is 30.4. The first-order chi connectivity index (χ1) is 12.0. The second kappa shape index (κ2) is 7.21. The summed E-state index contributed by atoms with van der Waals surface area (Å²) in [6, 6.07) is 9.74. The second-order valence-corrected chi connectivity index (χ2v) is 5.83. The predicted octanol–water partition coefficient (Wildman–Crippen LogP) is 1.66. The van der Waals surface area contributed by atoms with Gasteiger partial charge in [-0.1, -0.05) is 12.1 Å². The quantitative estimate of drug-likeness (QED) is 0.664. The van der Waals surface area contributed by atoms with E-state index in [-0.39, 0.29) is 24.7 Å². The minimum absolute atomic E-state index is 0.0939. The molecular weight excluding hydrogens is 320 g/mol. The number of rotatable bonds is 6. The van der Waals surface area contributed by atoms with E-state index in [4.69, 9.17) is 10.5 Å². The molecule has 1 aromatic carbocycles. The molecule has 0 aliphatic carbocycles. The Morgan fingerprint density at radius 1 is 1.28 bits per heavy atom. The van der Waals surface area contributed by atoms with Crippen LogP contribution in [-0.2, 0) is 28.9 Å². The number of nitrogens with zero attached hydrogens (tertiary/aromatic N) is 2. The number of esters is 1. The maximum absolute atomic E-state index is 12.2. The van der Waals surface area contributed by atoms with E-state index in [1.54, 1.807) is 0 Å². The SMILES string of the molecule is CC(=O)OCCn1c(N)nc(CCc2ccc3cc[nH]c3c2)cc1=O. The van der Waals surface area contributed by atoms with Gasteiger partial charge in [0.2, 0.25) is 5.95 Å². The molecule has 25 heavy (non-hydrogen) atoms. The average Bonchev–Trinajstić information content (AvgIpc) is 3.03. The van der Waals surface area contributed by atoms with Gasteiger partial charge in [0.25, 0.3) is 5.56 Å². The summed E-state index contributed by atoms with van der Waals surface area (Å²) in [5, 5.41) is 1.17. The van der Waals surface area contributed by atoms with Crippen molar-refractivity contribution >= 4 is 22.8 Å². The van der Waals surface area contributed by atoms with Crippen LogP contribution in [-0.4, -0.2) is 27.1 Å². The number of ether oxygens (including phenoxy) is 1. The largest absolute Gasteiger partial charge is 0.464 e. The molecule has 0 saturated heterocycles. The van der Waals surface area contributed by atoms with E-state index in [0.717, 1.165) is 17.5 Å². The van der Waals surface area contributed by atoms with Crippen molar-refractivity contribution in [2.45, 2.75) is 26.3 Å². The molecule has 3 aromatic rings. The molecule has 7 heteroatoms. The molecule has 0 fully saturated rings. The lowest BCUT2D eigenvalue weighted by Gasteiger charge is -2.10. The number of aryl methyl sites for hydroxylation is 2. The van der Waals surface area contributed by atoms with Gasteiger partial charge in [-0.2, -0.15) is 0 Å². The standard InChI is InChI=1S/C18H20N4O3/c1-12(23)25-9-8-22-17(24)11-15(21-18(22)19)5-3-13-2-4-14-6-7-20-16(14)10-13/h2,4,6-7,10-11,20H,3,5,8-9H2,1H3,(H2,19,21). The van der Waals surface area contributed by atoms with Crippen molar-refractivity contribution in [2.75, 3.05) is 12.3 Å². The summed E-state index contributed by atoms with van der Waals surface area (Å²) < 4.78 is 6.14. The van der Waals surface area contributed by atoms with Gasteiger partial charge in [-0.3, -0.25) is 14.2 Å². The molecule has 0 aliphatic heterocycles. The fourth-order valence-electron chi connectivity index (χ4n) is 2.73. The number of aromatic amines is 1. The minimum Gasteiger partial charge on any atom is -0.464 e. The maximum Gasteiger partial charge on any atom is 0.302 e. The summed E-state index contributed by atoms with van der Waals surface area (Å²) in [7, 11) is 0. The zero-order chi connectivity index (χ0) is 17.8. The Balaban J connectivity index is 1.68. The van der Waals surface area contributed by atoms with Crippen molar-refractivity contribution in [3.63, 3.8) is 0 Å². The summed E-state index contributed by atoms with van der Waals surface area (Å²) >= 11 is 0. The minimum atomic E-state index is -0.393. The van der Waals surface area contributed by atoms with Gasteiger partial charge < -0.3 is 15.5 Å². The van der Waals surface area contributed by atoms with Crippen LogP contribution in [0.2, 0.25) is 0 Å². The summed E-state index contributed by atoms with van der Waals surface area (Å²) in [6.07, 6.45) is 3.29. The number of fused-ring (bicyclic) bond motifs is 1. The average molecular weight is 340 g/mol. The van der Waals surface area contributed by atoms with E-state index in [0.29, 0.717) is 12.1 Å². The van der Waals surface area contributed by atoms with Crippen LogP contribution in [0.4, 0.5) is 5.95 Å². The van der Waals surface area contributed by atoms with Gasteiger partial charge in [0, 0.05) is 24.7 Å². The van der Waals surface area contributed by atoms with Crippen LogP contribution in [0.15, 0.2) is 41.3 Å². The number of aromatic nitrogens is 3. The normalized spacial score (nSPS) is 10.9. The van der Waals surface area contributed by atoms with Crippen molar-refractivity contribution in [2.24, 2.45) is 0 Å². The Labute approximate surface area is 144 Å². The van der Waals surface area contributed by atoms with Crippen molar-refractivity contribution in [1.29, 1.82) is 0 Å². The molecule has 130 valence electrons. The zero-order valence-electron chi connectivity index (χ0n) is 14.0. The number of H-pyrrole nitrogens is 1. The fourth-order valence-corrected chi connectivity index (χ4v) is 2.73. The summed E-state index contributed by atoms with van der Waals surface area (Å²) in [5.41, 5.74) is 8.53. The van der Waals surface area contributed by atoms with Gasteiger partial charge in [-0.05, 0) is 35.9 Å². The highest BCUT2D eigenvalue weighted by molar-refractivity contribution is 5.79. The Morgan fingerprint density at radius 3 is 2.88 bits per heavy atom. The van der Waals surface area contributed by atoms with Crippen molar-refractivity contribution < 1.29 is 9.53 Å². The zero-order valence-corrected chi connectivity index (χ0v) is 14.0. The van der Waals surface area contributed by atoms with Gasteiger partial charge in [0.05, 0.1) is 12.2 Å². The van der Waals surface area contributed by atoms with Crippen LogP contribution in [0.1, 0.15) is 18.2 Å². The first-order valence-corrected chi connectivity index (χ1v) is 8.08. The van der Waals surface area contributed by atoms with Crippen LogP contribution >= 0.6 is 0 Å². The second-order valence-electron chi connectivity index (χ2n) is 5.83. The van der Waals surface area contributed by atoms with Gasteiger partial charge in [-0.15, -0.1) is 0 Å². The lowest BCUT2D eigenvalue weighted by molar-refractivity contribution is -0.141. The van der Waals surface area contributed by atoms with Crippen LogP contribution in [0.5, 0.6) is 0 Å². The van der Waals surface area contributed by atoms with Crippen LogP contribution in [0.3, 0.4) is 0 Å². The highest BCUT2D eigenvalue weighted by Gasteiger charge is 2.07. The lowest BCUT2D eigenvalue weighted by atomic mass is 10.1.